The van der Waals surface area contributed by atoms with Crippen LogP contribution in [0.4, 0.5) is 0 Å². The first-order valence-corrected chi connectivity index (χ1v) is 8.83. The lowest BCUT2D eigenvalue weighted by Gasteiger charge is -2.27. The van der Waals surface area contributed by atoms with Gasteiger partial charge in [-0.05, 0) is 12.8 Å². The third kappa shape index (κ3) is 7.58. The number of aliphatic hydroxyl groups is 1. The number of aliphatic carboxylic acids is 1. The van der Waals surface area contributed by atoms with E-state index in [1.165, 1.54) is 6.92 Å². The van der Waals surface area contributed by atoms with E-state index in [-0.39, 0.29) is 11.7 Å². The third-order valence-electron chi connectivity index (χ3n) is 3.82. The van der Waals surface area contributed by atoms with Gasteiger partial charge in [-0.25, -0.2) is 4.79 Å². The molecule has 0 saturated carbocycles. The Hall–Kier alpha value is -1.85. The zero-order valence-electron chi connectivity index (χ0n) is 15.1. The first kappa shape index (κ1) is 24.1. The van der Waals surface area contributed by atoms with E-state index in [4.69, 9.17) is 10.8 Å². The summed E-state index contributed by atoms with van der Waals surface area (Å²) in [5, 5.41) is 25.4. The van der Waals surface area contributed by atoms with Gasteiger partial charge in [0.1, 0.15) is 18.1 Å². The van der Waals surface area contributed by atoms with Gasteiger partial charge in [-0.2, -0.15) is 12.6 Å². The monoisotopic (exact) mass is 392 g/mol. The SMILES string of the molecule is CCC(C)C(NC(=O)C(CO)NC(=O)C(C)N)C(=O)NC(CS)C(=O)O. The average Bonchev–Trinajstić information content (AvgIpc) is 2.60. The van der Waals surface area contributed by atoms with Crippen LogP contribution in [0.15, 0.2) is 0 Å². The standard InChI is InChI=1S/C15H28N4O6S/c1-4-7(2)11(14(23)18-10(6-26)15(24)25)19-13(22)9(5-20)17-12(21)8(3)16/h7-11,20,26H,4-6,16H2,1-3H3,(H,17,21)(H,18,23)(H,19,22)(H,24,25). The van der Waals surface area contributed by atoms with Gasteiger partial charge >= 0.3 is 5.97 Å². The molecule has 0 aromatic carbocycles. The minimum absolute atomic E-state index is 0.119. The number of carboxylic acids is 1. The van der Waals surface area contributed by atoms with Crippen molar-refractivity contribution in [2.75, 3.05) is 12.4 Å². The van der Waals surface area contributed by atoms with E-state index >= 15 is 0 Å². The van der Waals surface area contributed by atoms with Crippen molar-refractivity contribution in [2.24, 2.45) is 11.7 Å². The molecule has 0 spiro atoms. The number of nitrogens with one attached hydrogen (secondary N) is 3. The lowest BCUT2D eigenvalue weighted by atomic mass is 9.97. The fraction of sp³-hybridized carbons (Fsp3) is 0.733. The summed E-state index contributed by atoms with van der Waals surface area (Å²) in [6.45, 7) is 4.23. The minimum Gasteiger partial charge on any atom is -0.480 e. The van der Waals surface area contributed by atoms with Gasteiger partial charge in [0.05, 0.1) is 12.6 Å². The van der Waals surface area contributed by atoms with Crippen LogP contribution >= 0.6 is 12.6 Å². The Morgan fingerprint density at radius 3 is 1.92 bits per heavy atom. The number of hydrogen-bond donors (Lipinski definition) is 7. The molecule has 5 unspecified atom stereocenters. The van der Waals surface area contributed by atoms with Crippen molar-refractivity contribution in [1.29, 1.82) is 0 Å². The number of thiol groups is 1. The summed E-state index contributed by atoms with van der Waals surface area (Å²) in [6.07, 6.45) is 0.521. The Balaban J connectivity index is 5.19. The molecule has 0 aromatic rings. The van der Waals surface area contributed by atoms with Crippen molar-refractivity contribution in [3.8, 4) is 0 Å². The maximum absolute atomic E-state index is 12.4. The molecule has 10 nitrogen and oxygen atoms in total. The maximum atomic E-state index is 12.4. The van der Waals surface area contributed by atoms with E-state index in [2.05, 4.69) is 28.6 Å². The summed E-state index contributed by atoms with van der Waals surface area (Å²) < 4.78 is 0. The molecule has 7 N–H and O–H groups in total. The van der Waals surface area contributed by atoms with Gasteiger partial charge in [0.2, 0.25) is 17.7 Å². The molecule has 0 radical (unpaired) electrons. The maximum Gasteiger partial charge on any atom is 0.327 e. The minimum atomic E-state index is -1.28. The van der Waals surface area contributed by atoms with Crippen molar-refractivity contribution >= 4 is 36.3 Å². The third-order valence-corrected chi connectivity index (χ3v) is 4.18. The largest absolute Gasteiger partial charge is 0.480 e. The second kappa shape index (κ2) is 11.7. The highest BCUT2D eigenvalue weighted by atomic mass is 32.1. The fourth-order valence-electron chi connectivity index (χ4n) is 1.90. The van der Waals surface area contributed by atoms with Gasteiger partial charge in [0.15, 0.2) is 0 Å². The topological polar surface area (TPSA) is 171 Å². The van der Waals surface area contributed by atoms with E-state index in [1.54, 1.807) is 13.8 Å². The molecule has 5 atom stereocenters. The van der Waals surface area contributed by atoms with Gasteiger partial charge in [0.25, 0.3) is 0 Å². The second-order valence-corrected chi connectivity index (χ2v) is 6.35. The summed E-state index contributed by atoms with van der Waals surface area (Å²) in [6, 6.07) is -4.42. The van der Waals surface area contributed by atoms with Gasteiger partial charge < -0.3 is 31.9 Å². The Morgan fingerprint density at radius 2 is 1.54 bits per heavy atom. The van der Waals surface area contributed by atoms with E-state index in [0.717, 1.165) is 0 Å². The molecule has 0 heterocycles. The van der Waals surface area contributed by atoms with E-state index in [1.807, 2.05) is 0 Å². The summed E-state index contributed by atoms with van der Waals surface area (Å²) in [5.41, 5.74) is 5.40. The molecule has 0 aromatic heterocycles. The number of aliphatic hydroxyl groups excluding tert-OH is 1. The highest BCUT2D eigenvalue weighted by Crippen LogP contribution is 2.09. The smallest absolute Gasteiger partial charge is 0.327 e. The molecule has 0 saturated heterocycles. The van der Waals surface area contributed by atoms with Crippen molar-refractivity contribution in [3.63, 3.8) is 0 Å². The highest BCUT2D eigenvalue weighted by molar-refractivity contribution is 7.80. The Kier molecular flexibility index (Phi) is 10.9. The average molecular weight is 392 g/mol. The normalized spacial score (nSPS) is 16.5. The molecule has 26 heavy (non-hydrogen) atoms. The molecule has 0 bridgehead atoms. The van der Waals surface area contributed by atoms with E-state index in [0.29, 0.717) is 6.42 Å². The van der Waals surface area contributed by atoms with Gasteiger partial charge in [-0.1, -0.05) is 20.3 Å². The van der Waals surface area contributed by atoms with Crippen LogP contribution < -0.4 is 21.7 Å². The molecule has 0 aliphatic carbocycles. The van der Waals surface area contributed by atoms with Gasteiger partial charge in [0, 0.05) is 5.75 Å². The van der Waals surface area contributed by atoms with Crippen molar-refractivity contribution in [1.82, 2.24) is 16.0 Å². The van der Waals surface area contributed by atoms with Crippen molar-refractivity contribution in [2.45, 2.75) is 51.4 Å². The fourth-order valence-corrected chi connectivity index (χ4v) is 2.15. The van der Waals surface area contributed by atoms with E-state index in [9.17, 15) is 24.3 Å². The first-order valence-electron chi connectivity index (χ1n) is 8.20. The number of rotatable bonds is 11. The number of carbonyl (C=O) groups is 4. The molecule has 150 valence electrons. The Morgan fingerprint density at radius 1 is 1.00 bits per heavy atom. The predicted molar refractivity (Wildman–Crippen MR) is 97.5 cm³/mol. The van der Waals surface area contributed by atoms with Crippen LogP contribution in [0.2, 0.25) is 0 Å². The van der Waals surface area contributed by atoms with Gasteiger partial charge in [-0.3, -0.25) is 14.4 Å². The molecule has 3 amide bonds. The zero-order chi connectivity index (χ0) is 20.4. The predicted octanol–water partition coefficient (Wildman–Crippen LogP) is -2.16. The molecule has 11 heteroatoms. The Labute approximate surface area is 157 Å². The van der Waals surface area contributed by atoms with Crippen LogP contribution in [-0.2, 0) is 19.2 Å². The van der Waals surface area contributed by atoms with Crippen LogP contribution in [0.1, 0.15) is 27.2 Å². The summed E-state index contributed by atoms with van der Waals surface area (Å²) in [7, 11) is 0. The van der Waals surface area contributed by atoms with Crippen LogP contribution in [-0.4, -0.2) is 70.4 Å². The summed E-state index contributed by atoms with van der Waals surface area (Å²) in [4.78, 5) is 47.4. The summed E-state index contributed by atoms with van der Waals surface area (Å²) >= 11 is 3.87. The molecule has 0 aliphatic rings. The lowest BCUT2D eigenvalue weighted by molar-refractivity contribution is -0.142. The number of carboxylic acid groups (broad SMARTS) is 1. The number of carbonyl (C=O) groups excluding carboxylic acids is 3. The van der Waals surface area contributed by atoms with Crippen LogP contribution in [0.5, 0.6) is 0 Å². The number of hydrogen-bond acceptors (Lipinski definition) is 7. The molecule has 0 rings (SSSR count). The number of amides is 3. The van der Waals surface area contributed by atoms with Crippen LogP contribution in [0.25, 0.3) is 0 Å². The van der Waals surface area contributed by atoms with Crippen LogP contribution in [0.3, 0.4) is 0 Å². The molecular weight excluding hydrogens is 364 g/mol. The van der Waals surface area contributed by atoms with Crippen molar-refractivity contribution < 1.29 is 29.4 Å². The van der Waals surface area contributed by atoms with Crippen molar-refractivity contribution in [3.05, 3.63) is 0 Å². The molecule has 0 fully saturated rings. The Bertz CT molecular complexity index is 516. The zero-order valence-corrected chi connectivity index (χ0v) is 16.0. The molecule has 0 aliphatic heterocycles. The highest BCUT2D eigenvalue weighted by Gasteiger charge is 2.31. The molecular formula is C15H28N4O6S. The number of nitrogens with two attached hydrogens (primary N) is 1. The second-order valence-electron chi connectivity index (χ2n) is 5.99. The summed E-state index contributed by atoms with van der Waals surface area (Å²) in [5.74, 6) is -3.79. The van der Waals surface area contributed by atoms with Crippen LogP contribution in [0, 0.1) is 5.92 Å². The van der Waals surface area contributed by atoms with E-state index < -0.39 is 54.5 Å². The lowest BCUT2D eigenvalue weighted by Crippen LogP contribution is -2.59. The first-order chi connectivity index (χ1) is 12.1. The quantitative estimate of drug-likeness (QED) is 0.196. The van der Waals surface area contributed by atoms with Gasteiger partial charge in [-0.15, -0.1) is 0 Å².